The third kappa shape index (κ3) is 2.86. The molecule has 18 heavy (non-hydrogen) atoms. The van der Waals surface area contributed by atoms with Crippen molar-refractivity contribution in [2.45, 2.75) is 27.2 Å². The summed E-state index contributed by atoms with van der Waals surface area (Å²) < 4.78 is 0.968. The molecule has 0 aliphatic carbocycles. The van der Waals surface area contributed by atoms with E-state index in [4.69, 9.17) is 5.73 Å². The van der Waals surface area contributed by atoms with Crippen molar-refractivity contribution in [3.63, 3.8) is 0 Å². The van der Waals surface area contributed by atoms with Gasteiger partial charge in [0.1, 0.15) is 5.82 Å². The van der Waals surface area contributed by atoms with Crippen molar-refractivity contribution in [1.82, 2.24) is 4.98 Å². The molecular weight excluding hydrogens is 290 g/mol. The highest BCUT2D eigenvalue weighted by Gasteiger charge is 2.22. The Labute approximate surface area is 117 Å². The van der Waals surface area contributed by atoms with Crippen LogP contribution in [0.15, 0.2) is 28.4 Å². The fraction of sp³-hybridized carbons (Fsp3) is 0.500. The molecule has 2 rings (SSSR count). The quantitative estimate of drug-likeness (QED) is 0.806. The topological polar surface area (TPSA) is 42.2 Å². The molecule has 0 bridgehead atoms. The Morgan fingerprint density at radius 2 is 2.11 bits per heavy atom. The van der Waals surface area contributed by atoms with E-state index in [1.807, 2.05) is 6.07 Å². The van der Waals surface area contributed by atoms with E-state index in [2.05, 4.69) is 52.7 Å². The van der Waals surface area contributed by atoms with Gasteiger partial charge >= 0.3 is 0 Å². The summed E-state index contributed by atoms with van der Waals surface area (Å²) in [7, 11) is 0. The molecule has 0 spiro atoms. The molecule has 0 amide bonds. The van der Waals surface area contributed by atoms with Crippen molar-refractivity contribution < 1.29 is 0 Å². The van der Waals surface area contributed by atoms with Gasteiger partial charge in [-0.2, -0.15) is 0 Å². The van der Waals surface area contributed by atoms with Gasteiger partial charge < -0.3 is 10.6 Å². The third-order valence-electron chi connectivity index (χ3n) is 3.31. The van der Waals surface area contributed by atoms with Gasteiger partial charge in [-0.1, -0.05) is 32.4 Å². The minimum atomic E-state index is 0.276. The number of anilines is 2. The van der Waals surface area contributed by atoms with Crippen LogP contribution in [0.5, 0.6) is 0 Å². The highest BCUT2D eigenvalue weighted by molar-refractivity contribution is 9.10. The van der Waals surface area contributed by atoms with Crippen molar-refractivity contribution in [3.05, 3.63) is 28.4 Å². The second-order valence-electron chi connectivity index (χ2n) is 5.75. The summed E-state index contributed by atoms with van der Waals surface area (Å²) in [5.74, 6) is 0.980. The van der Waals surface area contributed by atoms with E-state index >= 15 is 0 Å². The van der Waals surface area contributed by atoms with Gasteiger partial charge in [0.15, 0.2) is 0 Å². The molecule has 4 heteroatoms. The van der Waals surface area contributed by atoms with Gasteiger partial charge in [-0.15, -0.1) is 0 Å². The molecule has 0 saturated carbocycles. The Morgan fingerprint density at radius 3 is 2.61 bits per heavy atom. The minimum absolute atomic E-state index is 0.276. The highest BCUT2D eigenvalue weighted by atomic mass is 79.9. The number of nitrogen functional groups attached to an aromatic ring is 1. The Bertz CT molecular complexity index is 474. The van der Waals surface area contributed by atoms with Crippen LogP contribution in [0.2, 0.25) is 0 Å². The molecule has 1 aromatic heterocycles. The standard InChI is InChI=1S/C14H20BrN3/c1-14(2,3)10-4-6-18(7-5-10)13-12(15)8-11(16)9-17-13/h4,8-9H,5-7,16H2,1-3H3. The van der Waals surface area contributed by atoms with Gasteiger partial charge in [0.05, 0.1) is 16.4 Å². The lowest BCUT2D eigenvalue weighted by Gasteiger charge is -2.33. The predicted molar refractivity (Wildman–Crippen MR) is 80.7 cm³/mol. The molecule has 2 N–H and O–H groups in total. The number of aromatic nitrogens is 1. The van der Waals surface area contributed by atoms with Crippen LogP contribution in [0.1, 0.15) is 27.2 Å². The minimum Gasteiger partial charge on any atom is -0.397 e. The number of hydrogen-bond acceptors (Lipinski definition) is 3. The van der Waals surface area contributed by atoms with Crippen LogP contribution in [-0.4, -0.2) is 18.1 Å². The zero-order chi connectivity index (χ0) is 13.3. The lowest BCUT2D eigenvalue weighted by molar-refractivity contribution is 0.472. The monoisotopic (exact) mass is 309 g/mol. The lowest BCUT2D eigenvalue weighted by atomic mass is 9.83. The highest BCUT2D eigenvalue weighted by Crippen LogP contribution is 2.33. The third-order valence-corrected chi connectivity index (χ3v) is 3.90. The van der Waals surface area contributed by atoms with Crippen molar-refractivity contribution in [2.75, 3.05) is 23.7 Å². The van der Waals surface area contributed by atoms with Gasteiger partial charge in [0.25, 0.3) is 0 Å². The first-order chi connectivity index (χ1) is 8.38. The predicted octanol–water partition coefficient (Wildman–Crippen LogP) is 3.61. The van der Waals surface area contributed by atoms with Crippen LogP contribution in [0.4, 0.5) is 11.5 Å². The molecule has 0 aromatic carbocycles. The second kappa shape index (κ2) is 4.92. The number of halogens is 1. The number of hydrogen-bond donors (Lipinski definition) is 1. The Kier molecular flexibility index (Phi) is 3.66. The summed E-state index contributed by atoms with van der Waals surface area (Å²) in [4.78, 5) is 6.69. The van der Waals surface area contributed by atoms with Crippen LogP contribution in [-0.2, 0) is 0 Å². The Balaban J connectivity index is 2.17. The van der Waals surface area contributed by atoms with Crippen LogP contribution < -0.4 is 10.6 Å². The van der Waals surface area contributed by atoms with Crippen molar-refractivity contribution in [2.24, 2.45) is 5.41 Å². The molecule has 1 aliphatic rings. The fourth-order valence-electron chi connectivity index (χ4n) is 2.22. The zero-order valence-corrected chi connectivity index (χ0v) is 12.8. The first-order valence-corrected chi connectivity index (χ1v) is 7.03. The fourth-order valence-corrected chi connectivity index (χ4v) is 2.84. The number of pyridine rings is 1. The van der Waals surface area contributed by atoms with Crippen LogP contribution in [0, 0.1) is 5.41 Å². The molecule has 98 valence electrons. The molecule has 1 aromatic rings. The van der Waals surface area contributed by atoms with E-state index in [-0.39, 0.29) is 5.41 Å². The van der Waals surface area contributed by atoms with Crippen LogP contribution in [0.3, 0.4) is 0 Å². The van der Waals surface area contributed by atoms with Crippen molar-refractivity contribution in [3.8, 4) is 0 Å². The van der Waals surface area contributed by atoms with Crippen LogP contribution >= 0.6 is 15.9 Å². The SMILES string of the molecule is CC(C)(C)C1=CCN(c2ncc(N)cc2Br)CC1. The van der Waals surface area contributed by atoms with Gasteiger partial charge in [0, 0.05) is 13.1 Å². The first kappa shape index (κ1) is 13.4. The number of nitrogens with zero attached hydrogens (tertiary/aromatic N) is 2. The summed E-state index contributed by atoms with van der Waals surface area (Å²) in [6.45, 7) is 8.74. The summed E-state index contributed by atoms with van der Waals surface area (Å²) >= 11 is 3.53. The first-order valence-electron chi connectivity index (χ1n) is 6.23. The average Bonchev–Trinajstić information content (AvgIpc) is 2.28. The summed E-state index contributed by atoms with van der Waals surface area (Å²) in [5.41, 5.74) is 8.21. The summed E-state index contributed by atoms with van der Waals surface area (Å²) in [6, 6.07) is 1.91. The van der Waals surface area contributed by atoms with E-state index in [1.165, 1.54) is 5.57 Å². The molecule has 0 atom stereocenters. The van der Waals surface area contributed by atoms with Gasteiger partial charge in [0.2, 0.25) is 0 Å². The molecule has 2 heterocycles. The average molecular weight is 310 g/mol. The lowest BCUT2D eigenvalue weighted by Crippen LogP contribution is -2.32. The maximum atomic E-state index is 5.71. The molecule has 0 unspecified atom stereocenters. The molecular formula is C14H20BrN3. The molecule has 3 nitrogen and oxygen atoms in total. The smallest absolute Gasteiger partial charge is 0.143 e. The molecule has 1 aliphatic heterocycles. The maximum absolute atomic E-state index is 5.71. The van der Waals surface area contributed by atoms with Crippen molar-refractivity contribution >= 4 is 27.4 Å². The Hall–Kier alpha value is -1.03. The van der Waals surface area contributed by atoms with Gasteiger partial charge in [-0.3, -0.25) is 0 Å². The van der Waals surface area contributed by atoms with E-state index in [9.17, 15) is 0 Å². The summed E-state index contributed by atoms with van der Waals surface area (Å²) in [5, 5.41) is 0. The Morgan fingerprint density at radius 1 is 1.39 bits per heavy atom. The van der Waals surface area contributed by atoms with E-state index < -0.39 is 0 Å². The van der Waals surface area contributed by atoms with Crippen LogP contribution in [0.25, 0.3) is 0 Å². The normalized spacial score (nSPS) is 16.7. The number of rotatable bonds is 1. The number of nitrogens with two attached hydrogens (primary N) is 1. The van der Waals surface area contributed by atoms with Gasteiger partial charge in [-0.05, 0) is 33.8 Å². The maximum Gasteiger partial charge on any atom is 0.143 e. The largest absolute Gasteiger partial charge is 0.397 e. The second-order valence-corrected chi connectivity index (χ2v) is 6.60. The van der Waals surface area contributed by atoms with Crippen molar-refractivity contribution in [1.29, 1.82) is 0 Å². The molecule has 0 radical (unpaired) electrons. The summed E-state index contributed by atoms with van der Waals surface area (Å²) in [6.07, 6.45) is 5.14. The molecule has 0 saturated heterocycles. The van der Waals surface area contributed by atoms with E-state index in [1.54, 1.807) is 6.20 Å². The van der Waals surface area contributed by atoms with E-state index in [0.717, 1.165) is 29.8 Å². The van der Waals surface area contributed by atoms with E-state index in [0.29, 0.717) is 5.69 Å². The molecule has 0 fully saturated rings. The zero-order valence-electron chi connectivity index (χ0n) is 11.2. The van der Waals surface area contributed by atoms with Gasteiger partial charge in [-0.25, -0.2) is 4.98 Å².